The van der Waals surface area contributed by atoms with Crippen molar-refractivity contribution in [1.29, 1.82) is 0 Å². The molecule has 21 heavy (non-hydrogen) atoms. The molecule has 2 aromatic rings. The van der Waals surface area contributed by atoms with E-state index in [9.17, 15) is 8.78 Å². The van der Waals surface area contributed by atoms with Crippen LogP contribution in [0.3, 0.4) is 0 Å². The molecular weight excluding hydrogens is 300 g/mol. The zero-order valence-electron chi connectivity index (χ0n) is 11.4. The van der Waals surface area contributed by atoms with Crippen molar-refractivity contribution in [1.82, 2.24) is 9.78 Å². The van der Waals surface area contributed by atoms with Gasteiger partial charge in [0, 0.05) is 18.3 Å². The lowest BCUT2D eigenvalue weighted by Crippen LogP contribution is -2.06. The van der Waals surface area contributed by atoms with Gasteiger partial charge in [0.1, 0.15) is 12.4 Å². The third kappa shape index (κ3) is 5.32. The average molecular weight is 318 g/mol. The van der Waals surface area contributed by atoms with E-state index in [1.807, 2.05) is 16.9 Å². The standard InChI is InChI=1S/C14H17F2N3O.ClH/c15-14(16)10-20-13-4-1-3-11(7-13)12-8-18-19(9-12)6-2-5-17;/h1,3-4,7-9,14H,2,5-6,10,17H2;1H. The van der Waals surface area contributed by atoms with Crippen LogP contribution in [0.25, 0.3) is 11.1 Å². The number of hydrogen-bond donors (Lipinski definition) is 1. The number of benzene rings is 1. The van der Waals surface area contributed by atoms with Gasteiger partial charge in [-0.25, -0.2) is 8.78 Å². The highest BCUT2D eigenvalue weighted by molar-refractivity contribution is 5.85. The Morgan fingerprint density at radius 2 is 2.10 bits per heavy atom. The predicted molar refractivity (Wildman–Crippen MR) is 80.1 cm³/mol. The molecular formula is C14H18ClF2N3O. The van der Waals surface area contributed by atoms with Crippen molar-refractivity contribution in [3.63, 3.8) is 0 Å². The van der Waals surface area contributed by atoms with Gasteiger partial charge in [-0.2, -0.15) is 5.10 Å². The first kappa shape index (κ1) is 17.4. The van der Waals surface area contributed by atoms with Crippen LogP contribution in [0.2, 0.25) is 0 Å². The highest BCUT2D eigenvalue weighted by Gasteiger charge is 2.06. The molecule has 1 aromatic heterocycles. The summed E-state index contributed by atoms with van der Waals surface area (Å²) in [7, 11) is 0. The Bertz CT molecular complexity index is 549. The number of halogens is 3. The smallest absolute Gasteiger partial charge is 0.272 e. The van der Waals surface area contributed by atoms with E-state index >= 15 is 0 Å². The van der Waals surface area contributed by atoms with E-state index < -0.39 is 13.0 Å². The molecule has 0 amide bonds. The molecule has 0 unspecified atom stereocenters. The monoisotopic (exact) mass is 317 g/mol. The summed E-state index contributed by atoms with van der Waals surface area (Å²) in [6.45, 7) is 0.781. The van der Waals surface area contributed by atoms with Crippen LogP contribution in [0.4, 0.5) is 8.78 Å². The fraction of sp³-hybridized carbons (Fsp3) is 0.357. The van der Waals surface area contributed by atoms with E-state index in [2.05, 4.69) is 5.10 Å². The molecule has 4 nitrogen and oxygen atoms in total. The number of ether oxygens (including phenoxy) is 1. The van der Waals surface area contributed by atoms with Gasteiger partial charge in [0.25, 0.3) is 6.43 Å². The van der Waals surface area contributed by atoms with Gasteiger partial charge in [0.05, 0.1) is 6.20 Å². The molecule has 0 aliphatic rings. The minimum absolute atomic E-state index is 0. The summed E-state index contributed by atoms with van der Waals surface area (Å²) in [6, 6.07) is 7.05. The van der Waals surface area contributed by atoms with Crippen molar-refractivity contribution in [3.8, 4) is 16.9 Å². The molecule has 0 bridgehead atoms. The zero-order valence-corrected chi connectivity index (χ0v) is 12.2. The molecule has 0 saturated heterocycles. The van der Waals surface area contributed by atoms with Crippen molar-refractivity contribution in [2.75, 3.05) is 13.2 Å². The number of nitrogens with zero attached hydrogens (tertiary/aromatic N) is 2. The molecule has 116 valence electrons. The fourth-order valence-electron chi connectivity index (χ4n) is 1.81. The van der Waals surface area contributed by atoms with E-state index in [1.54, 1.807) is 24.4 Å². The molecule has 0 aliphatic carbocycles. The molecule has 0 aliphatic heterocycles. The SMILES string of the molecule is Cl.NCCCn1cc(-c2cccc(OCC(F)F)c2)cn1. The Kier molecular flexibility index (Phi) is 7.11. The molecule has 1 heterocycles. The van der Waals surface area contributed by atoms with E-state index in [1.165, 1.54) is 0 Å². The van der Waals surface area contributed by atoms with E-state index in [0.717, 1.165) is 24.1 Å². The quantitative estimate of drug-likeness (QED) is 0.854. The third-order valence-corrected chi connectivity index (χ3v) is 2.77. The predicted octanol–water partition coefficient (Wildman–Crippen LogP) is 2.96. The van der Waals surface area contributed by atoms with Crippen LogP contribution >= 0.6 is 12.4 Å². The van der Waals surface area contributed by atoms with Crippen molar-refractivity contribution in [2.45, 2.75) is 19.4 Å². The Balaban J connectivity index is 0.00000220. The first-order valence-corrected chi connectivity index (χ1v) is 6.43. The number of alkyl halides is 2. The normalized spacial score (nSPS) is 10.5. The summed E-state index contributed by atoms with van der Waals surface area (Å²) in [6.07, 6.45) is 2.03. The lowest BCUT2D eigenvalue weighted by Gasteiger charge is -2.06. The van der Waals surface area contributed by atoms with E-state index in [-0.39, 0.29) is 12.4 Å². The second-order valence-electron chi connectivity index (χ2n) is 4.36. The maximum absolute atomic E-state index is 12.1. The summed E-state index contributed by atoms with van der Waals surface area (Å²) in [4.78, 5) is 0. The van der Waals surface area contributed by atoms with Crippen LogP contribution < -0.4 is 10.5 Å². The highest BCUT2D eigenvalue weighted by Crippen LogP contribution is 2.23. The lowest BCUT2D eigenvalue weighted by molar-refractivity contribution is 0.0819. The molecule has 7 heteroatoms. The maximum atomic E-state index is 12.1. The van der Waals surface area contributed by atoms with Crippen molar-refractivity contribution in [3.05, 3.63) is 36.7 Å². The molecule has 0 saturated carbocycles. The average Bonchev–Trinajstić information content (AvgIpc) is 2.92. The number of nitrogens with two attached hydrogens (primary N) is 1. The number of aromatic nitrogens is 2. The van der Waals surface area contributed by atoms with Crippen LogP contribution in [0.5, 0.6) is 5.75 Å². The topological polar surface area (TPSA) is 53.1 Å². The molecule has 0 atom stereocenters. The van der Waals surface area contributed by atoms with Gasteiger partial charge in [-0.1, -0.05) is 12.1 Å². The van der Waals surface area contributed by atoms with Gasteiger partial charge in [-0.15, -0.1) is 12.4 Å². The molecule has 0 spiro atoms. The van der Waals surface area contributed by atoms with Gasteiger partial charge < -0.3 is 10.5 Å². The minimum atomic E-state index is -2.47. The van der Waals surface area contributed by atoms with Gasteiger partial charge >= 0.3 is 0 Å². The largest absolute Gasteiger partial charge is 0.488 e. The van der Waals surface area contributed by atoms with Gasteiger partial charge in [0.15, 0.2) is 0 Å². The van der Waals surface area contributed by atoms with Gasteiger partial charge in [-0.05, 0) is 30.7 Å². The van der Waals surface area contributed by atoms with Gasteiger partial charge in [0.2, 0.25) is 0 Å². The van der Waals surface area contributed by atoms with Crippen LogP contribution in [-0.2, 0) is 6.54 Å². The summed E-state index contributed by atoms with van der Waals surface area (Å²) in [5.41, 5.74) is 7.26. The first-order valence-electron chi connectivity index (χ1n) is 6.43. The molecule has 0 radical (unpaired) electrons. The summed E-state index contributed by atoms with van der Waals surface area (Å²) < 4.78 is 31.1. The minimum Gasteiger partial charge on any atom is -0.488 e. The lowest BCUT2D eigenvalue weighted by atomic mass is 10.1. The Labute approximate surface area is 128 Å². The maximum Gasteiger partial charge on any atom is 0.272 e. The van der Waals surface area contributed by atoms with Crippen molar-refractivity contribution >= 4 is 12.4 Å². The summed E-state index contributed by atoms with van der Waals surface area (Å²) in [5, 5.41) is 4.23. The van der Waals surface area contributed by atoms with Crippen LogP contribution in [0.1, 0.15) is 6.42 Å². The molecule has 0 fully saturated rings. The number of aryl methyl sites for hydroxylation is 1. The summed E-state index contributed by atoms with van der Waals surface area (Å²) >= 11 is 0. The second-order valence-corrected chi connectivity index (χ2v) is 4.36. The van der Waals surface area contributed by atoms with Crippen LogP contribution in [0.15, 0.2) is 36.7 Å². The van der Waals surface area contributed by atoms with Crippen LogP contribution in [0, 0.1) is 0 Å². The zero-order chi connectivity index (χ0) is 14.4. The Morgan fingerprint density at radius 3 is 2.81 bits per heavy atom. The molecule has 1 aromatic carbocycles. The fourth-order valence-corrected chi connectivity index (χ4v) is 1.81. The highest BCUT2D eigenvalue weighted by atomic mass is 35.5. The number of hydrogen-bond acceptors (Lipinski definition) is 3. The van der Waals surface area contributed by atoms with Crippen molar-refractivity contribution in [2.24, 2.45) is 5.73 Å². The van der Waals surface area contributed by atoms with E-state index in [4.69, 9.17) is 10.5 Å². The molecule has 2 N–H and O–H groups in total. The first-order chi connectivity index (χ1) is 9.69. The van der Waals surface area contributed by atoms with Crippen LogP contribution in [-0.4, -0.2) is 29.4 Å². The number of rotatable bonds is 7. The Morgan fingerprint density at radius 1 is 1.29 bits per heavy atom. The molecule has 2 rings (SSSR count). The second kappa shape index (κ2) is 8.59. The Hall–Kier alpha value is -1.66. The summed E-state index contributed by atoms with van der Waals surface area (Å²) in [5.74, 6) is 0.428. The van der Waals surface area contributed by atoms with E-state index in [0.29, 0.717) is 12.3 Å². The van der Waals surface area contributed by atoms with Crippen molar-refractivity contribution < 1.29 is 13.5 Å². The van der Waals surface area contributed by atoms with Gasteiger partial charge in [-0.3, -0.25) is 4.68 Å². The third-order valence-electron chi connectivity index (χ3n) is 2.77.